The van der Waals surface area contributed by atoms with Gasteiger partial charge < -0.3 is 0 Å². The Hall–Kier alpha value is -0.240. The van der Waals surface area contributed by atoms with Crippen LogP contribution in [-0.2, 0) is 4.79 Å². The van der Waals surface area contributed by atoms with Gasteiger partial charge >= 0.3 is 0 Å². The minimum atomic E-state index is 0.667. The lowest BCUT2D eigenvalue weighted by Gasteiger charge is -2.01. The molecule has 1 aliphatic heterocycles. The molecule has 1 saturated heterocycles. The fourth-order valence-electron chi connectivity index (χ4n) is 1.23. The minimum absolute atomic E-state index is 0.667. The molecular weight excluding hydrogens is 156 g/mol. The summed E-state index contributed by atoms with van der Waals surface area (Å²) in [6.45, 7) is 2.03. The monoisotopic (exact) mass is 170 g/mol. The second-order valence-electron chi connectivity index (χ2n) is 2.84. The second-order valence-corrected chi connectivity index (χ2v) is 3.99. The molecule has 0 aliphatic carbocycles. The van der Waals surface area contributed by atoms with Gasteiger partial charge in [0, 0.05) is 0 Å². The van der Waals surface area contributed by atoms with Gasteiger partial charge in [0.05, 0.1) is 0 Å². The molecule has 0 spiro atoms. The quantitative estimate of drug-likeness (QED) is 0.477. The predicted molar refractivity (Wildman–Crippen MR) is 49.9 cm³/mol. The molecule has 1 heterocycles. The van der Waals surface area contributed by atoms with Gasteiger partial charge in [-0.15, -0.1) is 0 Å². The topological polar surface area (TPSA) is 17.1 Å². The van der Waals surface area contributed by atoms with E-state index < -0.39 is 0 Å². The Morgan fingerprint density at radius 3 is 3.00 bits per heavy atom. The molecule has 0 radical (unpaired) electrons. The van der Waals surface area contributed by atoms with Gasteiger partial charge in [-0.05, 0) is 35.8 Å². The Labute approximate surface area is 72.2 Å². The summed E-state index contributed by atoms with van der Waals surface area (Å²) >= 11 is 1.98. The first-order chi connectivity index (χ1) is 5.36. The van der Waals surface area contributed by atoms with Crippen molar-refractivity contribution in [1.82, 2.24) is 0 Å². The van der Waals surface area contributed by atoms with Crippen LogP contribution in [0.25, 0.3) is 0 Å². The smallest absolute Gasteiger partial charge is 0.145 e. The summed E-state index contributed by atoms with van der Waals surface area (Å²) < 4.78 is 0. The van der Waals surface area contributed by atoms with Crippen molar-refractivity contribution in [2.75, 3.05) is 11.5 Å². The molecule has 1 rings (SSSR count). The molecule has 0 aromatic rings. The SMILES string of the molecule is CC/C(C=O)=C\C1CCSC1. The van der Waals surface area contributed by atoms with Crippen LogP contribution in [-0.4, -0.2) is 17.8 Å². The maximum Gasteiger partial charge on any atom is 0.145 e. The lowest BCUT2D eigenvalue weighted by molar-refractivity contribution is -0.105. The Kier molecular flexibility index (Phi) is 3.70. The van der Waals surface area contributed by atoms with Crippen molar-refractivity contribution in [2.24, 2.45) is 5.92 Å². The zero-order chi connectivity index (χ0) is 8.10. The van der Waals surface area contributed by atoms with Crippen molar-refractivity contribution < 1.29 is 4.79 Å². The first kappa shape index (κ1) is 8.85. The summed E-state index contributed by atoms with van der Waals surface area (Å²) in [7, 11) is 0. The van der Waals surface area contributed by atoms with E-state index in [4.69, 9.17) is 0 Å². The van der Waals surface area contributed by atoms with Crippen LogP contribution in [0.4, 0.5) is 0 Å². The van der Waals surface area contributed by atoms with E-state index in [0.29, 0.717) is 5.92 Å². The number of hydrogen-bond acceptors (Lipinski definition) is 2. The summed E-state index contributed by atoms with van der Waals surface area (Å²) in [6.07, 6.45) is 5.27. The lowest BCUT2D eigenvalue weighted by atomic mass is 10.0. The normalized spacial score (nSPS) is 25.5. The van der Waals surface area contributed by atoms with Gasteiger partial charge in [-0.25, -0.2) is 0 Å². The van der Waals surface area contributed by atoms with Gasteiger partial charge in [0.15, 0.2) is 0 Å². The van der Waals surface area contributed by atoms with Gasteiger partial charge in [0.25, 0.3) is 0 Å². The third-order valence-corrected chi connectivity index (χ3v) is 3.16. The third-order valence-electron chi connectivity index (χ3n) is 1.97. The van der Waals surface area contributed by atoms with E-state index in [0.717, 1.165) is 18.3 Å². The summed E-state index contributed by atoms with van der Waals surface area (Å²) in [6, 6.07) is 0. The van der Waals surface area contributed by atoms with Crippen molar-refractivity contribution in [3.8, 4) is 0 Å². The Balaban J connectivity index is 2.46. The minimum Gasteiger partial charge on any atom is -0.298 e. The average Bonchev–Trinajstić information content (AvgIpc) is 2.52. The highest BCUT2D eigenvalue weighted by molar-refractivity contribution is 7.99. The molecule has 0 saturated carbocycles. The number of rotatable bonds is 3. The number of hydrogen-bond donors (Lipinski definition) is 0. The van der Waals surface area contributed by atoms with Gasteiger partial charge in [0.2, 0.25) is 0 Å². The first-order valence-electron chi connectivity index (χ1n) is 4.10. The molecule has 1 fully saturated rings. The summed E-state index contributed by atoms with van der Waals surface area (Å²) in [5, 5.41) is 0. The van der Waals surface area contributed by atoms with Gasteiger partial charge in [-0.3, -0.25) is 4.79 Å². The Bertz CT molecular complexity index is 157. The maximum absolute atomic E-state index is 10.4. The van der Waals surface area contributed by atoms with Gasteiger partial charge in [-0.1, -0.05) is 13.0 Å². The molecule has 2 heteroatoms. The number of thioether (sulfide) groups is 1. The zero-order valence-electron chi connectivity index (χ0n) is 6.88. The summed E-state index contributed by atoms with van der Waals surface area (Å²) in [5.74, 6) is 3.13. The van der Waals surface area contributed by atoms with Gasteiger partial charge in [-0.2, -0.15) is 11.8 Å². The van der Waals surface area contributed by atoms with Crippen molar-refractivity contribution in [1.29, 1.82) is 0 Å². The molecule has 1 aliphatic rings. The predicted octanol–water partition coefficient (Wildman–Crippen LogP) is 2.27. The molecule has 0 aromatic heterocycles. The average molecular weight is 170 g/mol. The molecule has 1 nitrogen and oxygen atoms in total. The van der Waals surface area contributed by atoms with Crippen molar-refractivity contribution in [2.45, 2.75) is 19.8 Å². The Morgan fingerprint density at radius 1 is 1.73 bits per heavy atom. The fraction of sp³-hybridized carbons (Fsp3) is 0.667. The van der Waals surface area contributed by atoms with E-state index >= 15 is 0 Å². The molecular formula is C9H14OS. The molecule has 0 bridgehead atoms. The van der Waals surface area contributed by atoms with Crippen molar-refractivity contribution in [3.05, 3.63) is 11.6 Å². The number of carbonyl (C=O) groups excluding carboxylic acids is 1. The highest BCUT2D eigenvalue weighted by Crippen LogP contribution is 2.25. The molecule has 62 valence electrons. The van der Waals surface area contributed by atoms with Crippen LogP contribution in [0.5, 0.6) is 0 Å². The fourth-order valence-corrected chi connectivity index (χ4v) is 2.43. The molecule has 11 heavy (non-hydrogen) atoms. The standard InChI is InChI=1S/C9H14OS/c1-2-8(6-10)5-9-3-4-11-7-9/h5-6,9H,2-4,7H2,1H3/b8-5+. The van der Waals surface area contributed by atoms with E-state index in [2.05, 4.69) is 6.08 Å². The van der Waals surface area contributed by atoms with Gasteiger partial charge in [0.1, 0.15) is 6.29 Å². The van der Waals surface area contributed by atoms with Crippen LogP contribution in [0.15, 0.2) is 11.6 Å². The van der Waals surface area contributed by atoms with E-state index in [1.807, 2.05) is 18.7 Å². The van der Waals surface area contributed by atoms with Crippen LogP contribution in [0.2, 0.25) is 0 Å². The second kappa shape index (κ2) is 4.60. The van der Waals surface area contributed by atoms with Crippen LogP contribution in [0.3, 0.4) is 0 Å². The zero-order valence-corrected chi connectivity index (χ0v) is 7.69. The van der Waals surface area contributed by atoms with Crippen molar-refractivity contribution in [3.63, 3.8) is 0 Å². The maximum atomic E-state index is 10.4. The van der Waals surface area contributed by atoms with Crippen molar-refractivity contribution >= 4 is 18.0 Å². The van der Waals surface area contributed by atoms with E-state index in [1.54, 1.807) is 0 Å². The number of carbonyl (C=O) groups is 1. The molecule has 1 atom stereocenters. The van der Waals surface area contributed by atoms with E-state index in [-0.39, 0.29) is 0 Å². The highest BCUT2D eigenvalue weighted by atomic mass is 32.2. The highest BCUT2D eigenvalue weighted by Gasteiger charge is 2.12. The third kappa shape index (κ3) is 2.70. The summed E-state index contributed by atoms with van der Waals surface area (Å²) in [4.78, 5) is 10.4. The van der Waals surface area contributed by atoms with Crippen LogP contribution >= 0.6 is 11.8 Å². The lowest BCUT2D eigenvalue weighted by Crippen LogP contribution is -1.95. The number of allylic oxidation sites excluding steroid dienone is 2. The first-order valence-corrected chi connectivity index (χ1v) is 5.26. The largest absolute Gasteiger partial charge is 0.298 e. The molecule has 0 N–H and O–H groups in total. The number of aldehydes is 1. The van der Waals surface area contributed by atoms with E-state index in [9.17, 15) is 4.79 Å². The molecule has 0 amide bonds. The van der Waals surface area contributed by atoms with E-state index in [1.165, 1.54) is 17.9 Å². The molecule has 0 aromatic carbocycles. The molecule has 1 unspecified atom stereocenters. The Morgan fingerprint density at radius 2 is 2.55 bits per heavy atom. The van der Waals surface area contributed by atoms with Crippen LogP contribution in [0.1, 0.15) is 19.8 Å². The van der Waals surface area contributed by atoms with Crippen LogP contribution in [0, 0.1) is 5.92 Å². The summed E-state index contributed by atoms with van der Waals surface area (Å²) in [5.41, 5.74) is 0.970. The van der Waals surface area contributed by atoms with Crippen LogP contribution < -0.4 is 0 Å².